The second kappa shape index (κ2) is 5.68. The van der Waals surface area contributed by atoms with Crippen LogP contribution in [0, 0.1) is 10.7 Å². The number of rotatable bonds is 1. The van der Waals surface area contributed by atoms with Crippen LogP contribution in [0.2, 0.25) is 0 Å². The number of carbonyl (C=O) groups excluding carboxylic acids is 1. The van der Waals surface area contributed by atoms with Gasteiger partial charge in [0, 0.05) is 23.7 Å². The van der Waals surface area contributed by atoms with Crippen LogP contribution in [0.1, 0.15) is 19.3 Å². The predicted molar refractivity (Wildman–Crippen MR) is 90.8 cm³/mol. The van der Waals surface area contributed by atoms with Crippen molar-refractivity contribution in [2.75, 3.05) is 11.4 Å². The maximum absolute atomic E-state index is 11.9. The zero-order chi connectivity index (χ0) is 11.7. The molecule has 0 saturated carbocycles. The van der Waals surface area contributed by atoms with Crippen LogP contribution in [0.15, 0.2) is 12.1 Å². The van der Waals surface area contributed by atoms with Crippen molar-refractivity contribution in [1.29, 1.82) is 0 Å². The molecule has 0 aromatic heterocycles. The first-order valence-corrected chi connectivity index (χ1v) is 8.28. The molecule has 1 saturated heterocycles. The lowest BCUT2D eigenvalue weighted by Crippen LogP contribution is -2.36. The average Bonchev–Trinajstić information content (AvgIpc) is 2.19. The predicted octanol–water partition coefficient (Wildman–Crippen LogP) is 4.02. The summed E-state index contributed by atoms with van der Waals surface area (Å²) in [6, 6.07) is 4.25. The van der Waals surface area contributed by atoms with Crippen molar-refractivity contribution in [2.24, 2.45) is 0 Å². The van der Waals surface area contributed by atoms with Gasteiger partial charge in [-0.25, -0.2) is 0 Å². The van der Waals surface area contributed by atoms with Gasteiger partial charge >= 0.3 is 0 Å². The van der Waals surface area contributed by atoms with E-state index < -0.39 is 0 Å². The van der Waals surface area contributed by atoms with Crippen LogP contribution in [0.5, 0.6) is 0 Å². The van der Waals surface area contributed by atoms with Crippen LogP contribution in [-0.4, -0.2) is 12.5 Å². The Morgan fingerprint density at radius 3 is 2.25 bits per heavy atom. The maximum atomic E-state index is 11.9. The van der Waals surface area contributed by atoms with Crippen LogP contribution in [0.3, 0.4) is 0 Å². The monoisotopic (exact) mass is 553 g/mol. The van der Waals surface area contributed by atoms with Gasteiger partial charge in [-0.05, 0) is 92.7 Å². The third-order valence-electron chi connectivity index (χ3n) is 2.57. The molecule has 2 rings (SSSR count). The summed E-state index contributed by atoms with van der Waals surface area (Å²) in [6.07, 6.45) is 2.84. The first-order valence-electron chi connectivity index (χ1n) is 5.04. The van der Waals surface area contributed by atoms with E-state index in [0.29, 0.717) is 6.42 Å². The standard InChI is InChI=1S/C11H10I3NO/c12-7-5-8(13)11(9(14)6-7)15-4-2-1-3-10(15)16/h5-6H,1-4H2. The van der Waals surface area contributed by atoms with Gasteiger partial charge in [0.1, 0.15) is 0 Å². The van der Waals surface area contributed by atoms with E-state index in [9.17, 15) is 4.79 Å². The van der Waals surface area contributed by atoms with Crippen LogP contribution >= 0.6 is 67.8 Å². The summed E-state index contributed by atoms with van der Waals surface area (Å²) >= 11 is 6.95. The Labute approximate surface area is 136 Å². The van der Waals surface area contributed by atoms with E-state index in [1.54, 1.807) is 0 Å². The van der Waals surface area contributed by atoms with Crippen molar-refractivity contribution in [3.05, 3.63) is 22.8 Å². The fourth-order valence-corrected chi connectivity index (χ4v) is 6.00. The fourth-order valence-electron chi connectivity index (χ4n) is 1.83. The Bertz CT molecular complexity index is 410. The van der Waals surface area contributed by atoms with Gasteiger partial charge in [0.2, 0.25) is 5.91 Å². The molecule has 0 spiro atoms. The third-order valence-corrected chi connectivity index (χ3v) is 4.84. The summed E-state index contributed by atoms with van der Waals surface area (Å²) in [5.41, 5.74) is 1.10. The Kier molecular flexibility index (Phi) is 4.73. The van der Waals surface area contributed by atoms with Crippen molar-refractivity contribution in [2.45, 2.75) is 19.3 Å². The topological polar surface area (TPSA) is 20.3 Å². The lowest BCUT2D eigenvalue weighted by atomic mass is 10.1. The third kappa shape index (κ3) is 2.82. The number of carbonyl (C=O) groups is 1. The van der Waals surface area contributed by atoms with Gasteiger partial charge in [0.25, 0.3) is 0 Å². The number of benzene rings is 1. The molecule has 1 aliphatic rings. The van der Waals surface area contributed by atoms with E-state index >= 15 is 0 Å². The highest BCUT2D eigenvalue weighted by atomic mass is 127. The largest absolute Gasteiger partial charge is 0.310 e. The van der Waals surface area contributed by atoms with Crippen LogP contribution < -0.4 is 4.90 Å². The van der Waals surface area contributed by atoms with Gasteiger partial charge in [-0.3, -0.25) is 4.79 Å². The fraction of sp³-hybridized carbons (Fsp3) is 0.364. The number of anilines is 1. The molecule has 0 radical (unpaired) electrons. The molecule has 1 aliphatic heterocycles. The highest BCUT2D eigenvalue weighted by Crippen LogP contribution is 2.32. The molecule has 1 amide bonds. The van der Waals surface area contributed by atoms with Gasteiger partial charge in [-0.15, -0.1) is 0 Å². The van der Waals surface area contributed by atoms with Gasteiger partial charge in [-0.2, -0.15) is 0 Å². The lowest BCUT2D eigenvalue weighted by molar-refractivity contribution is -0.119. The van der Waals surface area contributed by atoms with E-state index in [4.69, 9.17) is 0 Å². The number of amides is 1. The molecule has 0 unspecified atom stereocenters. The normalized spacial score (nSPS) is 16.7. The molecule has 86 valence electrons. The van der Waals surface area contributed by atoms with Crippen molar-refractivity contribution in [3.8, 4) is 0 Å². The molecule has 0 atom stereocenters. The Balaban J connectivity index is 2.42. The Hall–Kier alpha value is 0.880. The van der Waals surface area contributed by atoms with Crippen molar-refractivity contribution < 1.29 is 4.79 Å². The Morgan fingerprint density at radius 1 is 1.06 bits per heavy atom. The number of hydrogen-bond acceptors (Lipinski definition) is 1. The molecule has 1 heterocycles. The van der Waals surface area contributed by atoms with E-state index in [0.717, 1.165) is 25.1 Å². The van der Waals surface area contributed by atoms with Crippen LogP contribution in [0.4, 0.5) is 5.69 Å². The molecular weight excluding hydrogens is 543 g/mol. The number of hydrogen-bond donors (Lipinski definition) is 0. The van der Waals surface area contributed by atoms with E-state index in [1.165, 1.54) is 10.7 Å². The summed E-state index contributed by atoms with van der Waals surface area (Å²) in [7, 11) is 0. The molecule has 1 fully saturated rings. The zero-order valence-electron chi connectivity index (χ0n) is 8.47. The minimum atomic E-state index is 0.267. The minimum Gasteiger partial charge on any atom is -0.310 e. The Morgan fingerprint density at radius 2 is 1.69 bits per heavy atom. The lowest BCUT2D eigenvalue weighted by Gasteiger charge is -2.28. The highest BCUT2D eigenvalue weighted by Gasteiger charge is 2.23. The molecule has 0 bridgehead atoms. The van der Waals surface area contributed by atoms with Crippen molar-refractivity contribution in [1.82, 2.24) is 0 Å². The molecule has 1 aromatic carbocycles. The summed E-state index contributed by atoms with van der Waals surface area (Å²) in [6.45, 7) is 0.866. The van der Waals surface area contributed by atoms with Gasteiger partial charge in [-0.1, -0.05) is 0 Å². The summed E-state index contributed by atoms with van der Waals surface area (Å²) < 4.78 is 3.56. The van der Waals surface area contributed by atoms with Crippen LogP contribution in [-0.2, 0) is 4.79 Å². The van der Waals surface area contributed by atoms with E-state index in [-0.39, 0.29) is 5.91 Å². The van der Waals surface area contributed by atoms with Gasteiger partial charge in [0.15, 0.2) is 0 Å². The van der Waals surface area contributed by atoms with E-state index in [1.807, 2.05) is 4.90 Å². The maximum Gasteiger partial charge on any atom is 0.227 e. The molecule has 0 N–H and O–H groups in total. The summed E-state index contributed by atoms with van der Waals surface area (Å²) in [5, 5.41) is 0. The first kappa shape index (κ1) is 13.3. The molecule has 0 aliphatic carbocycles. The van der Waals surface area contributed by atoms with Gasteiger partial charge < -0.3 is 4.90 Å². The summed E-state index contributed by atoms with van der Waals surface area (Å²) in [5.74, 6) is 0.267. The second-order valence-corrected chi connectivity index (χ2v) is 7.29. The SMILES string of the molecule is O=C1CCCCN1c1c(I)cc(I)cc1I. The molecule has 1 aromatic rings. The molecular formula is C11H10I3NO. The summed E-state index contributed by atoms with van der Waals surface area (Å²) in [4.78, 5) is 13.8. The molecule has 2 nitrogen and oxygen atoms in total. The molecule has 5 heteroatoms. The van der Waals surface area contributed by atoms with Crippen LogP contribution in [0.25, 0.3) is 0 Å². The van der Waals surface area contributed by atoms with E-state index in [2.05, 4.69) is 79.9 Å². The smallest absolute Gasteiger partial charge is 0.227 e. The first-order chi connectivity index (χ1) is 7.59. The average molecular weight is 553 g/mol. The quantitative estimate of drug-likeness (QED) is 0.482. The number of halogens is 3. The highest BCUT2D eigenvalue weighted by molar-refractivity contribution is 14.1. The zero-order valence-corrected chi connectivity index (χ0v) is 14.9. The van der Waals surface area contributed by atoms with Crippen molar-refractivity contribution in [3.63, 3.8) is 0 Å². The number of nitrogens with zero attached hydrogens (tertiary/aromatic N) is 1. The number of piperidine rings is 1. The molecule has 16 heavy (non-hydrogen) atoms. The van der Waals surface area contributed by atoms with Gasteiger partial charge in [0.05, 0.1) is 5.69 Å². The van der Waals surface area contributed by atoms with Crippen molar-refractivity contribution >= 4 is 79.4 Å². The minimum absolute atomic E-state index is 0.267. The second-order valence-electron chi connectivity index (χ2n) is 3.72.